The van der Waals surface area contributed by atoms with Crippen LogP contribution >= 0.6 is 0 Å². The summed E-state index contributed by atoms with van der Waals surface area (Å²) in [5.74, 6) is -0.324. The zero-order valence-corrected chi connectivity index (χ0v) is 12.4. The molecule has 0 aromatic heterocycles. The Balaban J connectivity index is 2.78. The summed E-state index contributed by atoms with van der Waals surface area (Å²) in [7, 11) is 0. The van der Waals surface area contributed by atoms with Gasteiger partial charge in [-0.25, -0.2) is 9.59 Å². The molecule has 0 unspecified atom stereocenters. The van der Waals surface area contributed by atoms with E-state index in [9.17, 15) is 9.59 Å². The second-order valence-electron chi connectivity index (χ2n) is 5.79. The molecule has 1 aliphatic heterocycles. The van der Waals surface area contributed by atoms with Crippen molar-refractivity contribution in [2.24, 2.45) is 0 Å². The first kappa shape index (κ1) is 15.8. The Kier molecular flexibility index (Phi) is 5.63. The van der Waals surface area contributed by atoms with Crippen LogP contribution in [0.15, 0.2) is 0 Å². The van der Waals surface area contributed by atoms with Gasteiger partial charge in [0.25, 0.3) is 0 Å². The van der Waals surface area contributed by atoms with Gasteiger partial charge in [-0.2, -0.15) is 0 Å². The average molecular weight is 271 g/mol. The van der Waals surface area contributed by atoms with E-state index in [1.807, 2.05) is 20.8 Å². The number of esters is 1. The summed E-state index contributed by atoms with van der Waals surface area (Å²) in [6.45, 7) is 8.12. The Bertz CT molecular complexity index is 322. The number of ether oxygens (including phenoxy) is 2. The zero-order chi connectivity index (χ0) is 14.5. The molecule has 1 saturated heterocycles. The molecular formula is C14H25NO4. The zero-order valence-electron chi connectivity index (χ0n) is 12.4. The predicted molar refractivity (Wildman–Crippen MR) is 71.8 cm³/mol. The number of carbonyl (C=O) groups is 2. The number of amides is 1. The minimum absolute atomic E-state index is 0.324. The Hall–Kier alpha value is -1.26. The van der Waals surface area contributed by atoms with E-state index in [4.69, 9.17) is 9.47 Å². The molecular weight excluding hydrogens is 246 g/mol. The van der Waals surface area contributed by atoms with Crippen molar-refractivity contribution >= 4 is 12.1 Å². The van der Waals surface area contributed by atoms with Crippen molar-refractivity contribution in [2.45, 2.75) is 65.0 Å². The summed E-state index contributed by atoms with van der Waals surface area (Å²) in [5, 5.41) is 0. The monoisotopic (exact) mass is 271 g/mol. The van der Waals surface area contributed by atoms with Gasteiger partial charge in [-0.05, 0) is 40.5 Å². The maximum atomic E-state index is 12.2. The number of carbonyl (C=O) groups excluding carboxylic acids is 2. The van der Waals surface area contributed by atoms with Crippen LogP contribution in [-0.4, -0.2) is 41.8 Å². The van der Waals surface area contributed by atoms with E-state index in [1.54, 1.807) is 6.92 Å². The molecule has 0 aromatic rings. The van der Waals surface area contributed by atoms with Crippen molar-refractivity contribution in [3.8, 4) is 0 Å². The smallest absolute Gasteiger partial charge is 0.411 e. The molecule has 19 heavy (non-hydrogen) atoms. The molecule has 0 aliphatic carbocycles. The Morgan fingerprint density at radius 1 is 1.21 bits per heavy atom. The third kappa shape index (κ3) is 5.09. The van der Waals surface area contributed by atoms with Crippen LogP contribution in [0.3, 0.4) is 0 Å². The summed E-state index contributed by atoms with van der Waals surface area (Å²) in [6.07, 6.45) is 3.08. The van der Waals surface area contributed by atoms with Crippen LogP contribution in [0.2, 0.25) is 0 Å². The summed E-state index contributed by atoms with van der Waals surface area (Å²) in [6, 6.07) is -0.503. The molecule has 5 heteroatoms. The summed E-state index contributed by atoms with van der Waals surface area (Å²) in [4.78, 5) is 25.7. The van der Waals surface area contributed by atoms with Gasteiger partial charge in [-0.15, -0.1) is 0 Å². The fourth-order valence-electron chi connectivity index (χ4n) is 2.13. The van der Waals surface area contributed by atoms with Gasteiger partial charge in [0.1, 0.15) is 11.6 Å². The van der Waals surface area contributed by atoms with Gasteiger partial charge in [0, 0.05) is 6.54 Å². The maximum Gasteiger partial charge on any atom is 0.411 e. The van der Waals surface area contributed by atoms with Crippen molar-refractivity contribution in [1.82, 2.24) is 4.90 Å². The lowest BCUT2D eigenvalue weighted by atomic mass is 10.1. The fourth-order valence-corrected chi connectivity index (χ4v) is 2.13. The average Bonchev–Trinajstić information content (AvgIpc) is 2.52. The number of rotatable bonds is 2. The van der Waals surface area contributed by atoms with Crippen LogP contribution in [0.4, 0.5) is 4.79 Å². The van der Waals surface area contributed by atoms with Gasteiger partial charge >= 0.3 is 12.1 Å². The van der Waals surface area contributed by atoms with E-state index in [1.165, 1.54) is 4.90 Å². The first-order chi connectivity index (χ1) is 8.85. The van der Waals surface area contributed by atoms with Crippen LogP contribution in [0.1, 0.15) is 53.4 Å². The highest BCUT2D eigenvalue weighted by Crippen LogP contribution is 2.21. The molecule has 110 valence electrons. The first-order valence-electron chi connectivity index (χ1n) is 7.01. The fraction of sp³-hybridized carbons (Fsp3) is 0.857. The van der Waals surface area contributed by atoms with Crippen molar-refractivity contribution in [3.05, 3.63) is 0 Å². The van der Waals surface area contributed by atoms with Gasteiger partial charge in [-0.1, -0.05) is 12.8 Å². The molecule has 0 saturated carbocycles. The molecule has 0 aromatic carbocycles. The highest BCUT2D eigenvalue weighted by Gasteiger charge is 2.34. The number of nitrogens with zero attached hydrogens (tertiary/aromatic N) is 1. The highest BCUT2D eigenvalue weighted by molar-refractivity contribution is 5.81. The van der Waals surface area contributed by atoms with Crippen LogP contribution in [0, 0.1) is 0 Å². The van der Waals surface area contributed by atoms with E-state index in [0.717, 1.165) is 19.3 Å². The SMILES string of the molecule is CCOC(=O)[C@@H]1CCCCCN1C(=O)OC(C)(C)C. The first-order valence-corrected chi connectivity index (χ1v) is 7.01. The Morgan fingerprint density at radius 2 is 1.89 bits per heavy atom. The molecule has 1 aliphatic rings. The lowest BCUT2D eigenvalue weighted by Crippen LogP contribution is -2.47. The Morgan fingerprint density at radius 3 is 2.47 bits per heavy atom. The Labute approximate surface area is 115 Å². The van der Waals surface area contributed by atoms with Gasteiger partial charge in [0.2, 0.25) is 0 Å². The van der Waals surface area contributed by atoms with Crippen LogP contribution in [-0.2, 0) is 14.3 Å². The second kappa shape index (κ2) is 6.78. The molecule has 5 nitrogen and oxygen atoms in total. The van der Waals surface area contributed by atoms with Crippen molar-refractivity contribution in [2.75, 3.05) is 13.2 Å². The summed E-state index contributed by atoms with van der Waals surface area (Å²) >= 11 is 0. The lowest BCUT2D eigenvalue weighted by molar-refractivity contribution is -0.149. The number of likely N-dealkylation sites (tertiary alicyclic amines) is 1. The molecule has 1 heterocycles. The van der Waals surface area contributed by atoms with E-state index < -0.39 is 17.7 Å². The minimum Gasteiger partial charge on any atom is -0.464 e. The second-order valence-corrected chi connectivity index (χ2v) is 5.79. The number of hydrogen-bond donors (Lipinski definition) is 0. The third-order valence-corrected chi connectivity index (χ3v) is 2.94. The normalized spacial score (nSPS) is 20.6. The van der Waals surface area contributed by atoms with Gasteiger partial charge in [0.05, 0.1) is 6.61 Å². The molecule has 0 N–H and O–H groups in total. The van der Waals surface area contributed by atoms with Crippen molar-refractivity contribution in [3.63, 3.8) is 0 Å². The van der Waals surface area contributed by atoms with E-state index in [0.29, 0.717) is 19.6 Å². The molecule has 1 fully saturated rings. The topological polar surface area (TPSA) is 55.8 Å². The molecule has 0 spiro atoms. The van der Waals surface area contributed by atoms with E-state index in [2.05, 4.69) is 0 Å². The van der Waals surface area contributed by atoms with Crippen LogP contribution in [0.25, 0.3) is 0 Å². The molecule has 0 bridgehead atoms. The lowest BCUT2D eigenvalue weighted by Gasteiger charge is -2.30. The van der Waals surface area contributed by atoms with Crippen LogP contribution < -0.4 is 0 Å². The van der Waals surface area contributed by atoms with E-state index in [-0.39, 0.29) is 5.97 Å². The molecule has 1 amide bonds. The number of hydrogen-bond acceptors (Lipinski definition) is 4. The molecule has 0 radical (unpaired) electrons. The van der Waals surface area contributed by atoms with Gasteiger partial charge < -0.3 is 9.47 Å². The van der Waals surface area contributed by atoms with E-state index >= 15 is 0 Å². The summed E-state index contributed by atoms with van der Waals surface area (Å²) in [5.41, 5.74) is -0.553. The predicted octanol–water partition coefficient (Wildman–Crippen LogP) is 2.73. The summed E-state index contributed by atoms with van der Waals surface area (Å²) < 4.78 is 10.4. The van der Waals surface area contributed by atoms with Crippen molar-refractivity contribution in [1.29, 1.82) is 0 Å². The molecule has 1 rings (SSSR count). The largest absolute Gasteiger partial charge is 0.464 e. The van der Waals surface area contributed by atoms with Crippen LogP contribution in [0.5, 0.6) is 0 Å². The molecule has 1 atom stereocenters. The minimum atomic E-state index is -0.553. The standard InChI is InChI=1S/C14H25NO4/c1-5-18-12(16)11-9-7-6-8-10-15(11)13(17)19-14(2,3)4/h11H,5-10H2,1-4H3/t11-/m0/s1. The quantitative estimate of drug-likeness (QED) is 0.725. The van der Waals surface area contributed by atoms with Gasteiger partial charge in [0.15, 0.2) is 0 Å². The maximum absolute atomic E-state index is 12.2. The highest BCUT2D eigenvalue weighted by atomic mass is 16.6. The van der Waals surface area contributed by atoms with Crippen molar-refractivity contribution < 1.29 is 19.1 Å². The van der Waals surface area contributed by atoms with Gasteiger partial charge in [-0.3, -0.25) is 4.90 Å². The third-order valence-electron chi connectivity index (χ3n) is 2.94.